The molecule has 0 aliphatic carbocycles. The van der Waals surface area contributed by atoms with Crippen LogP contribution < -0.4 is 5.73 Å². The van der Waals surface area contributed by atoms with Crippen LogP contribution in [0.1, 0.15) is 37.3 Å². The minimum absolute atomic E-state index is 0.228. The van der Waals surface area contributed by atoms with E-state index in [2.05, 4.69) is 11.8 Å². The Hall–Kier alpha value is -1.04. The zero-order valence-corrected chi connectivity index (χ0v) is 13.3. The number of thiocarbonyl (C=S) groups is 1. The number of hydrogen-bond donors (Lipinski definition) is 1. The largest absolute Gasteiger partial charge is 0.389 e. The van der Waals surface area contributed by atoms with Crippen molar-refractivity contribution in [1.82, 2.24) is 4.90 Å². The van der Waals surface area contributed by atoms with Gasteiger partial charge in [0.25, 0.3) is 0 Å². The number of likely N-dealkylation sites (tertiary alicyclic amines) is 1. The van der Waals surface area contributed by atoms with E-state index >= 15 is 0 Å². The molecule has 1 unspecified atom stereocenters. The summed E-state index contributed by atoms with van der Waals surface area (Å²) in [6.07, 6.45) is 3.50. The highest BCUT2D eigenvalue weighted by Gasteiger charge is 2.21. The number of ether oxygens (including phenoxy) is 1. The average Bonchev–Trinajstić information content (AvgIpc) is 2.47. The number of piperidine rings is 1. The quantitative estimate of drug-likeness (QED) is 0.820. The van der Waals surface area contributed by atoms with E-state index in [4.69, 9.17) is 22.7 Å². The van der Waals surface area contributed by atoms with Crippen LogP contribution in [0.15, 0.2) is 18.2 Å². The topological polar surface area (TPSA) is 38.5 Å². The van der Waals surface area contributed by atoms with Crippen molar-refractivity contribution in [1.29, 1.82) is 0 Å². The molecule has 5 heteroatoms. The van der Waals surface area contributed by atoms with Gasteiger partial charge in [-0.2, -0.15) is 0 Å². The third-order valence-corrected chi connectivity index (χ3v) is 3.99. The molecule has 1 aromatic carbocycles. The van der Waals surface area contributed by atoms with Crippen molar-refractivity contribution in [2.24, 2.45) is 5.73 Å². The van der Waals surface area contributed by atoms with Crippen LogP contribution in [0, 0.1) is 5.82 Å². The predicted octanol–water partition coefficient (Wildman–Crippen LogP) is 2.85. The Bertz CT molecular complexity index is 495. The van der Waals surface area contributed by atoms with Gasteiger partial charge in [-0.15, -0.1) is 0 Å². The Morgan fingerprint density at radius 2 is 2.33 bits per heavy atom. The number of hydrogen-bond acceptors (Lipinski definition) is 3. The predicted molar refractivity (Wildman–Crippen MR) is 86.8 cm³/mol. The van der Waals surface area contributed by atoms with Crippen molar-refractivity contribution in [3.63, 3.8) is 0 Å². The first kappa shape index (κ1) is 16.3. The van der Waals surface area contributed by atoms with E-state index in [0.29, 0.717) is 17.7 Å². The van der Waals surface area contributed by atoms with Crippen molar-refractivity contribution < 1.29 is 9.13 Å². The fourth-order valence-electron chi connectivity index (χ4n) is 2.65. The van der Waals surface area contributed by atoms with E-state index in [0.717, 1.165) is 39.0 Å². The minimum Gasteiger partial charge on any atom is -0.389 e. The molecule has 0 spiro atoms. The lowest BCUT2D eigenvalue weighted by atomic mass is 10.1. The Kier molecular flexibility index (Phi) is 6.08. The fraction of sp³-hybridized carbons (Fsp3) is 0.562. The maximum Gasteiger partial charge on any atom is 0.128 e. The lowest BCUT2D eigenvalue weighted by Gasteiger charge is -2.32. The molecular weight excluding hydrogens is 287 g/mol. The van der Waals surface area contributed by atoms with Crippen LogP contribution in [0.4, 0.5) is 4.39 Å². The van der Waals surface area contributed by atoms with E-state index in [1.165, 1.54) is 6.07 Å². The molecule has 0 radical (unpaired) electrons. The van der Waals surface area contributed by atoms with Crippen LogP contribution in [0.2, 0.25) is 0 Å². The number of nitrogens with two attached hydrogens (primary N) is 1. The molecule has 0 bridgehead atoms. The zero-order chi connectivity index (χ0) is 15.2. The zero-order valence-electron chi connectivity index (χ0n) is 12.5. The molecule has 1 fully saturated rings. The molecule has 0 aromatic heterocycles. The van der Waals surface area contributed by atoms with Crippen molar-refractivity contribution in [3.8, 4) is 0 Å². The van der Waals surface area contributed by atoms with Gasteiger partial charge in [-0.25, -0.2) is 4.39 Å². The van der Waals surface area contributed by atoms with Crippen LogP contribution in [0.25, 0.3) is 0 Å². The molecule has 0 saturated carbocycles. The third-order valence-electron chi connectivity index (χ3n) is 3.75. The SMILES string of the molecule is CCCOC1CCCN(Cc2ccc(C(N)=S)cc2F)C1. The number of halogens is 1. The molecule has 2 rings (SSSR count). The smallest absolute Gasteiger partial charge is 0.128 e. The molecule has 116 valence electrons. The van der Waals surface area contributed by atoms with Crippen molar-refractivity contribution in [3.05, 3.63) is 35.1 Å². The summed E-state index contributed by atoms with van der Waals surface area (Å²) in [5.41, 5.74) is 6.78. The maximum atomic E-state index is 14.1. The highest BCUT2D eigenvalue weighted by molar-refractivity contribution is 7.80. The molecule has 21 heavy (non-hydrogen) atoms. The summed E-state index contributed by atoms with van der Waals surface area (Å²) < 4.78 is 19.9. The van der Waals surface area contributed by atoms with Crippen LogP contribution in [0.5, 0.6) is 0 Å². The minimum atomic E-state index is -0.239. The second-order valence-corrected chi connectivity index (χ2v) is 5.98. The lowest BCUT2D eigenvalue weighted by Crippen LogP contribution is -2.39. The summed E-state index contributed by atoms with van der Waals surface area (Å²) in [4.78, 5) is 2.48. The summed E-state index contributed by atoms with van der Waals surface area (Å²) in [5, 5.41) is 0. The maximum absolute atomic E-state index is 14.1. The molecular formula is C16H23FN2OS. The monoisotopic (exact) mass is 310 g/mol. The summed E-state index contributed by atoms with van der Waals surface area (Å²) in [5.74, 6) is -0.239. The first-order chi connectivity index (χ1) is 10.1. The van der Waals surface area contributed by atoms with E-state index < -0.39 is 0 Å². The van der Waals surface area contributed by atoms with Crippen molar-refractivity contribution in [2.75, 3.05) is 19.7 Å². The number of nitrogens with zero attached hydrogens (tertiary/aromatic N) is 1. The van der Waals surface area contributed by atoms with E-state index in [9.17, 15) is 4.39 Å². The van der Waals surface area contributed by atoms with Crippen molar-refractivity contribution >= 4 is 17.2 Å². The van der Waals surface area contributed by atoms with Crippen LogP contribution in [0.3, 0.4) is 0 Å². The van der Waals surface area contributed by atoms with Crippen molar-refractivity contribution in [2.45, 2.75) is 38.8 Å². The normalized spacial score (nSPS) is 19.6. The summed E-state index contributed by atoms with van der Waals surface area (Å²) in [6.45, 7) is 5.38. The number of rotatable bonds is 6. The number of benzene rings is 1. The second kappa shape index (κ2) is 7.82. The van der Waals surface area contributed by atoms with Crippen LogP contribution in [-0.4, -0.2) is 35.7 Å². The van der Waals surface area contributed by atoms with E-state index in [1.54, 1.807) is 12.1 Å². The second-order valence-electron chi connectivity index (χ2n) is 5.54. The first-order valence-electron chi connectivity index (χ1n) is 7.52. The van der Waals surface area contributed by atoms with Gasteiger partial charge in [0.1, 0.15) is 10.8 Å². The Balaban J connectivity index is 1.96. The average molecular weight is 310 g/mol. The Labute approximate surface area is 131 Å². The van der Waals surface area contributed by atoms with E-state index in [1.807, 2.05) is 0 Å². The van der Waals surface area contributed by atoms with Gasteiger partial charge >= 0.3 is 0 Å². The molecule has 3 nitrogen and oxygen atoms in total. The molecule has 1 aliphatic rings. The van der Waals surface area contributed by atoms with E-state index in [-0.39, 0.29) is 16.9 Å². The molecule has 0 amide bonds. The van der Waals surface area contributed by atoms with Gasteiger partial charge < -0.3 is 10.5 Å². The standard InChI is InChI=1S/C16H23FN2OS/c1-2-8-20-14-4-3-7-19(11-14)10-13-6-5-12(16(18)21)9-15(13)17/h5-6,9,14H,2-4,7-8,10-11H2,1H3,(H2,18,21). The van der Waals surface area contributed by atoms with Gasteiger partial charge in [0.2, 0.25) is 0 Å². The molecule has 1 atom stereocenters. The lowest BCUT2D eigenvalue weighted by molar-refractivity contribution is -0.00247. The molecule has 1 heterocycles. The third kappa shape index (κ3) is 4.73. The van der Waals surface area contributed by atoms with Crippen LogP contribution in [-0.2, 0) is 11.3 Å². The Morgan fingerprint density at radius 1 is 1.52 bits per heavy atom. The molecule has 1 aromatic rings. The molecule has 1 saturated heterocycles. The van der Waals surface area contributed by atoms with Gasteiger partial charge in [-0.3, -0.25) is 4.90 Å². The summed E-state index contributed by atoms with van der Waals surface area (Å²) >= 11 is 4.87. The van der Waals surface area contributed by atoms with Gasteiger partial charge in [0.05, 0.1) is 6.10 Å². The highest BCUT2D eigenvalue weighted by Crippen LogP contribution is 2.18. The molecule has 1 aliphatic heterocycles. The molecule has 2 N–H and O–H groups in total. The van der Waals surface area contributed by atoms with Gasteiger partial charge in [-0.05, 0) is 31.9 Å². The summed E-state index contributed by atoms with van der Waals surface area (Å²) in [7, 11) is 0. The van der Waals surface area contributed by atoms with Gasteiger partial charge in [-0.1, -0.05) is 31.3 Å². The highest BCUT2D eigenvalue weighted by atomic mass is 32.1. The summed E-state index contributed by atoms with van der Waals surface area (Å²) in [6, 6.07) is 4.99. The van der Waals surface area contributed by atoms with Gasteiger partial charge in [0, 0.05) is 30.8 Å². The fourth-order valence-corrected chi connectivity index (χ4v) is 2.77. The first-order valence-corrected chi connectivity index (χ1v) is 7.93. The Morgan fingerprint density at radius 3 is 3.00 bits per heavy atom. The van der Waals surface area contributed by atoms with Gasteiger partial charge in [0.15, 0.2) is 0 Å². The van der Waals surface area contributed by atoms with Crippen LogP contribution >= 0.6 is 12.2 Å².